The maximum Gasteiger partial charge on any atom is 0.255 e. The second-order valence-electron chi connectivity index (χ2n) is 7.60. The molecule has 0 bridgehead atoms. The standard InChI is InChI=1S/C25H22ClFN2O4/c1-32-22-13-23(33-2)20(11-19(22)26)28-24(30)12-21(15-7-9-17(27)10-8-15)29-14-16-5-3-4-6-18(16)25(29)31/h3-11,13,21H,12,14H2,1-2H3,(H,28,30)/t21-/m0/s1. The summed E-state index contributed by atoms with van der Waals surface area (Å²) in [6, 6.07) is 15.7. The van der Waals surface area contributed by atoms with Crippen molar-refractivity contribution in [3.8, 4) is 11.5 Å². The van der Waals surface area contributed by atoms with Crippen LogP contribution >= 0.6 is 11.6 Å². The van der Waals surface area contributed by atoms with Crippen LogP contribution in [0.4, 0.5) is 10.1 Å². The largest absolute Gasteiger partial charge is 0.495 e. The number of fused-ring (bicyclic) bond motifs is 1. The number of anilines is 1. The summed E-state index contributed by atoms with van der Waals surface area (Å²) in [5, 5.41) is 3.12. The Balaban J connectivity index is 1.61. The van der Waals surface area contributed by atoms with Crippen LogP contribution in [0.25, 0.3) is 0 Å². The van der Waals surface area contributed by atoms with Gasteiger partial charge in [-0.2, -0.15) is 0 Å². The maximum absolute atomic E-state index is 13.6. The van der Waals surface area contributed by atoms with Gasteiger partial charge in [0.2, 0.25) is 5.91 Å². The Kier molecular flexibility index (Phi) is 6.51. The lowest BCUT2D eigenvalue weighted by Gasteiger charge is -2.28. The topological polar surface area (TPSA) is 67.9 Å². The molecule has 33 heavy (non-hydrogen) atoms. The Morgan fingerprint density at radius 3 is 2.45 bits per heavy atom. The molecule has 0 unspecified atom stereocenters. The molecule has 3 aromatic carbocycles. The van der Waals surface area contributed by atoms with E-state index < -0.39 is 11.9 Å². The van der Waals surface area contributed by atoms with Gasteiger partial charge in [0, 0.05) is 18.2 Å². The highest BCUT2D eigenvalue weighted by Gasteiger charge is 2.34. The van der Waals surface area contributed by atoms with E-state index in [1.165, 1.54) is 26.4 Å². The first-order chi connectivity index (χ1) is 15.9. The van der Waals surface area contributed by atoms with Gasteiger partial charge in [0.15, 0.2) is 0 Å². The molecular weight excluding hydrogens is 447 g/mol. The molecule has 0 saturated carbocycles. The summed E-state index contributed by atoms with van der Waals surface area (Å²) in [5.41, 5.74) is 2.53. The number of nitrogens with zero attached hydrogens (tertiary/aromatic N) is 1. The van der Waals surface area contributed by atoms with Crippen LogP contribution in [-0.4, -0.2) is 30.9 Å². The number of amides is 2. The highest BCUT2D eigenvalue weighted by atomic mass is 35.5. The molecule has 1 N–H and O–H groups in total. The normalized spacial score (nSPS) is 13.5. The van der Waals surface area contributed by atoms with Crippen molar-refractivity contribution in [2.75, 3.05) is 19.5 Å². The first kappa shape index (κ1) is 22.6. The van der Waals surface area contributed by atoms with Crippen LogP contribution in [0.15, 0.2) is 60.7 Å². The quantitative estimate of drug-likeness (QED) is 0.516. The molecule has 2 amide bonds. The third kappa shape index (κ3) is 4.64. The van der Waals surface area contributed by atoms with Gasteiger partial charge in [-0.3, -0.25) is 9.59 Å². The Bertz CT molecular complexity index is 1200. The predicted molar refractivity (Wildman–Crippen MR) is 123 cm³/mol. The predicted octanol–water partition coefficient (Wildman–Crippen LogP) is 5.22. The zero-order valence-corrected chi connectivity index (χ0v) is 18.9. The molecule has 1 atom stereocenters. The maximum atomic E-state index is 13.6. The van der Waals surface area contributed by atoms with E-state index >= 15 is 0 Å². The third-order valence-corrected chi connectivity index (χ3v) is 5.90. The van der Waals surface area contributed by atoms with Crippen LogP contribution in [0.1, 0.15) is 33.9 Å². The van der Waals surface area contributed by atoms with E-state index in [4.69, 9.17) is 21.1 Å². The molecule has 6 nitrogen and oxygen atoms in total. The van der Waals surface area contributed by atoms with Crippen molar-refractivity contribution in [3.63, 3.8) is 0 Å². The van der Waals surface area contributed by atoms with Gasteiger partial charge in [0.25, 0.3) is 5.91 Å². The van der Waals surface area contributed by atoms with Crippen LogP contribution in [0.3, 0.4) is 0 Å². The minimum Gasteiger partial charge on any atom is -0.495 e. The molecule has 1 heterocycles. The second kappa shape index (κ2) is 9.50. The number of carbonyl (C=O) groups is 2. The summed E-state index contributed by atoms with van der Waals surface area (Å²) in [6.07, 6.45) is -0.0435. The number of ether oxygens (including phenoxy) is 2. The molecule has 1 aliphatic heterocycles. The summed E-state index contributed by atoms with van der Waals surface area (Å²) in [4.78, 5) is 27.8. The molecule has 0 aliphatic carbocycles. The van der Waals surface area contributed by atoms with Crippen molar-refractivity contribution in [1.82, 2.24) is 4.90 Å². The Morgan fingerprint density at radius 1 is 1.09 bits per heavy atom. The van der Waals surface area contributed by atoms with Crippen molar-refractivity contribution in [2.45, 2.75) is 19.0 Å². The molecule has 4 rings (SSSR count). The van der Waals surface area contributed by atoms with Crippen LogP contribution in [0, 0.1) is 5.82 Å². The SMILES string of the molecule is COc1cc(OC)c(NC(=O)C[C@@H](c2ccc(F)cc2)N2Cc3ccccc3C2=O)cc1Cl. The van der Waals surface area contributed by atoms with E-state index in [0.29, 0.717) is 39.9 Å². The van der Waals surface area contributed by atoms with Crippen LogP contribution in [-0.2, 0) is 11.3 Å². The molecular formula is C25H22ClFN2O4. The zero-order valence-electron chi connectivity index (χ0n) is 18.1. The molecule has 1 aliphatic rings. The number of hydrogen-bond donors (Lipinski definition) is 1. The number of nitrogens with one attached hydrogen (secondary N) is 1. The van der Waals surface area contributed by atoms with Gasteiger partial charge < -0.3 is 19.7 Å². The minimum absolute atomic E-state index is 0.0435. The summed E-state index contributed by atoms with van der Waals surface area (Å²) in [5.74, 6) is -0.121. The lowest BCUT2D eigenvalue weighted by atomic mass is 10.0. The van der Waals surface area contributed by atoms with E-state index in [9.17, 15) is 14.0 Å². The van der Waals surface area contributed by atoms with Gasteiger partial charge in [-0.05, 0) is 35.4 Å². The molecule has 0 saturated heterocycles. The van der Waals surface area contributed by atoms with Crippen molar-refractivity contribution >= 4 is 29.1 Å². The highest BCUT2D eigenvalue weighted by Crippen LogP contribution is 2.37. The van der Waals surface area contributed by atoms with E-state index in [0.717, 1.165) is 5.56 Å². The average molecular weight is 469 g/mol. The molecule has 8 heteroatoms. The van der Waals surface area contributed by atoms with Gasteiger partial charge in [-0.1, -0.05) is 41.9 Å². The van der Waals surface area contributed by atoms with Crippen LogP contribution in [0.2, 0.25) is 5.02 Å². The van der Waals surface area contributed by atoms with Gasteiger partial charge in [-0.15, -0.1) is 0 Å². The Hall–Kier alpha value is -3.58. The molecule has 0 radical (unpaired) electrons. The first-order valence-corrected chi connectivity index (χ1v) is 10.6. The van der Waals surface area contributed by atoms with Crippen molar-refractivity contribution in [3.05, 3.63) is 88.2 Å². The lowest BCUT2D eigenvalue weighted by Crippen LogP contribution is -2.32. The number of rotatable bonds is 7. The Morgan fingerprint density at radius 2 is 1.79 bits per heavy atom. The number of carbonyl (C=O) groups excluding carboxylic acids is 2. The molecule has 0 spiro atoms. The summed E-state index contributed by atoms with van der Waals surface area (Å²) >= 11 is 6.21. The van der Waals surface area contributed by atoms with E-state index in [2.05, 4.69) is 5.32 Å². The van der Waals surface area contributed by atoms with Gasteiger partial charge >= 0.3 is 0 Å². The lowest BCUT2D eigenvalue weighted by molar-refractivity contribution is -0.117. The Labute approximate surface area is 195 Å². The highest BCUT2D eigenvalue weighted by molar-refractivity contribution is 6.32. The molecule has 3 aromatic rings. The summed E-state index contributed by atoms with van der Waals surface area (Å²) in [6.45, 7) is 0.363. The second-order valence-corrected chi connectivity index (χ2v) is 8.00. The molecule has 170 valence electrons. The first-order valence-electron chi connectivity index (χ1n) is 10.3. The third-order valence-electron chi connectivity index (χ3n) is 5.61. The van der Waals surface area contributed by atoms with Gasteiger partial charge in [-0.25, -0.2) is 4.39 Å². The van der Waals surface area contributed by atoms with Gasteiger partial charge in [0.1, 0.15) is 17.3 Å². The smallest absolute Gasteiger partial charge is 0.255 e. The van der Waals surface area contributed by atoms with Crippen LogP contribution in [0.5, 0.6) is 11.5 Å². The fourth-order valence-corrected chi connectivity index (χ4v) is 4.20. The molecule has 0 fully saturated rings. The van der Waals surface area contributed by atoms with Crippen molar-refractivity contribution in [2.24, 2.45) is 0 Å². The monoisotopic (exact) mass is 468 g/mol. The number of hydrogen-bond acceptors (Lipinski definition) is 4. The summed E-state index contributed by atoms with van der Waals surface area (Å²) < 4.78 is 24.1. The van der Waals surface area contributed by atoms with Crippen molar-refractivity contribution in [1.29, 1.82) is 0 Å². The molecule has 0 aromatic heterocycles. The van der Waals surface area contributed by atoms with Crippen molar-refractivity contribution < 1.29 is 23.5 Å². The fourth-order valence-electron chi connectivity index (χ4n) is 3.96. The number of halogens is 2. The van der Waals surface area contributed by atoms with E-state index in [1.54, 1.807) is 41.3 Å². The summed E-state index contributed by atoms with van der Waals surface area (Å²) in [7, 11) is 2.96. The van der Waals surface area contributed by atoms with E-state index in [1.807, 2.05) is 12.1 Å². The van der Waals surface area contributed by atoms with Gasteiger partial charge in [0.05, 0.1) is 37.4 Å². The number of methoxy groups -OCH3 is 2. The minimum atomic E-state index is -0.592. The van der Waals surface area contributed by atoms with E-state index in [-0.39, 0.29) is 18.2 Å². The average Bonchev–Trinajstić information content (AvgIpc) is 3.15. The zero-order chi connectivity index (χ0) is 23.5. The number of benzene rings is 3. The van der Waals surface area contributed by atoms with Crippen LogP contribution < -0.4 is 14.8 Å². The fraction of sp³-hybridized carbons (Fsp3) is 0.200.